The predicted octanol–water partition coefficient (Wildman–Crippen LogP) is 2.91. The largest absolute Gasteiger partial charge is 0.481 e. The second-order valence-electron chi connectivity index (χ2n) is 6.43. The van der Waals surface area contributed by atoms with Gasteiger partial charge >= 0.3 is 12.0 Å². The molecule has 0 bridgehead atoms. The maximum Gasteiger partial charge on any atom is 0.317 e. The zero-order chi connectivity index (χ0) is 16.5. The van der Waals surface area contributed by atoms with E-state index >= 15 is 0 Å². The summed E-state index contributed by atoms with van der Waals surface area (Å²) in [4.78, 5) is 24.3. The van der Waals surface area contributed by atoms with Crippen molar-refractivity contribution in [3.05, 3.63) is 0 Å². The molecule has 0 radical (unpaired) electrons. The molecule has 0 aromatic carbocycles. The molecule has 1 unspecified atom stereocenters. The van der Waals surface area contributed by atoms with Crippen LogP contribution < -0.4 is 5.32 Å². The van der Waals surface area contributed by atoms with Crippen LogP contribution in [0.25, 0.3) is 0 Å². The summed E-state index contributed by atoms with van der Waals surface area (Å²) in [6.45, 7) is 7.67. The van der Waals surface area contributed by atoms with Gasteiger partial charge in [0.05, 0.1) is 0 Å². The molecule has 6 heteroatoms. The van der Waals surface area contributed by atoms with Gasteiger partial charge in [-0.2, -0.15) is 11.8 Å². The number of carbonyl (C=O) groups is 2. The first-order valence-corrected chi connectivity index (χ1v) is 8.77. The minimum absolute atomic E-state index is 0.0466. The van der Waals surface area contributed by atoms with Crippen molar-refractivity contribution in [2.75, 3.05) is 32.1 Å². The van der Waals surface area contributed by atoms with Crippen LogP contribution in [0.15, 0.2) is 0 Å². The summed E-state index contributed by atoms with van der Waals surface area (Å²) in [5.74, 6) is 0.447. The number of urea groups is 1. The van der Waals surface area contributed by atoms with Crippen LogP contribution in [0.1, 0.15) is 40.0 Å². The van der Waals surface area contributed by atoms with Gasteiger partial charge in [-0.05, 0) is 30.4 Å². The molecule has 1 atom stereocenters. The van der Waals surface area contributed by atoms with Gasteiger partial charge in [-0.1, -0.05) is 20.8 Å². The van der Waals surface area contributed by atoms with Gasteiger partial charge < -0.3 is 15.3 Å². The molecule has 0 saturated carbocycles. The van der Waals surface area contributed by atoms with Crippen molar-refractivity contribution in [3.63, 3.8) is 0 Å². The molecule has 0 rings (SSSR count). The maximum absolute atomic E-state index is 11.9. The van der Waals surface area contributed by atoms with Crippen molar-refractivity contribution in [2.24, 2.45) is 11.3 Å². The van der Waals surface area contributed by atoms with Crippen LogP contribution in [-0.4, -0.2) is 54.2 Å². The van der Waals surface area contributed by atoms with Crippen molar-refractivity contribution in [2.45, 2.75) is 40.0 Å². The quantitative estimate of drug-likeness (QED) is 0.686. The van der Waals surface area contributed by atoms with Crippen LogP contribution in [-0.2, 0) is 4.79 Å². The minimum atomic E-state index is -0.759. The Bertz CT molecular complexity index is 329. The van der Waals surface area contributed by atoms with E-state index in [2.05, 4.69) is 26.1 Å². The number of rotatable bonds is 9. The lowest BCUT2D eigenvalue weighted by Crippen LogP contribution is -2.39. The average Bonchev–Trinajstić information content (AvgIpc) is 2.37. The van der Waals surface area contributed by atoms with Gasteiger partial charge in [-0.25, -0.2) is 4.79 Å². The number of aliphatic carboxylic acids is 1. The first kappa shape index (κ1) is 20.1. The molecule has 124 valence electrons. The van der Waals surface area contributed by atoms with E-state index in [9.17, 15) is 9.59 Å². The fourth-order valence-electron chi connectivity index (χ4n) is 2.13. The Morgan fingerprint density at radius 2 is 1.90 bits per heavy atom. The summed E-state index contributed by atoms with van der Waals surface area (Å²) < 4.78 is 0. The molecule has 0 aromatic rings. The zero-order valence-electron chi connectivity index (χ0n) is 13.9. The summed E-state index contributed by atoms with van der Waals surface area (Å²) in [5, 5.41) is 11.7. The van der Waals surface area contributed by atoms with E-state index in [0.29, 0.717) is 13.0 Å². The second-order valence-corrected chi connectivity index (χ2v) is 7.42. The SMILES string of the molecule is CSCCN(C)C(=O)NCCC(CCC(=O)O)C(C)(C)C. The van der Waals surface area contributed by atoms with Gasteiger partial charge in [0.2, 0.25) is 0 Å². The van der Waals surface area contributed by atoms with Gasteiger partial charge in [0.25, 0.3) is 0 Å². The molecule has 0 fully saturated rings. The standard InChI is InChI=1S/C15H30N2O3S/c1-15(2,3)12(6-7-13(18)19)8-9-16-14(20)17(4)10-11-21-5/h12H,6-11H2,1-5H3,(H,16,20)(H,18,19). The zero-order valence-corrected chi connectivity index (χ0v) is 14.8. The fourth-order valence-corrected chi connectivity index (χ4v) is 2.58. The molecular weight excluding hydrogens is 288 g/mol. The molecule has 21 heavy (non-hydrogen) atoms. The third-order valence-electron chi connectivity index (χ3n) is 3.68. The van der Waals surface area contributed by atoms with Crippen molar-refractivity contribution < 1.29 is 14.7 Å². The van der Waals surface area contributed by atoms with E-state index in [-0.39, 0.29) is 23.8 Å². The lowest BCUT2D eigenvalue weighted by atomic mass is 9.76. The summed E-state index contributed by atoms with van der Waals surface area (Å²) in [5.41, 5.74) is 0.0466. The monoisotopic (exact) mass is 318 g/mol. The van der Waals surface area contributed by atoms with Gasteiger partial charge in [0.15, 0.2) is 0 Å². The Morgan fingerprint density at radius 3 is 2.38 bits per heavy atom. The number of carboxylic acids is 1. The van der Waals surface area contributed by atoms with Crippen LogP contribution in [0.2, 0.25) is 0 Å². The van der Waals surface area contributed by atoms with E-state index in [0.717, 1.165) is 18.7 Å². The fraction of sp³-hybridized carbons (Fsp3) is 0.867. The topological polar surface area (TPSA) is 69.6 Å². The van der Waals surface area contributed by atoms with Crippen LogP contribution in [0.3, 0.4) is 0 Å². The van der Waals surface area contributed by atoms with E-state index in [1.165, 1.54) is 0 Å². The molecule has 2 amide bonds. The molecule has 2 N–H and O–H groups in total. The van der Waals surface area contributed by atoms with Gasteiger partial charge in [0.1, 0.15) is 0 Å². The number of hydrogen-bond acceptors (Lipinski definition) is 3. The summed E-state index contributed by atoms with van der Waals surface area (Å²) in [7, 11) is 1.79. The first-order valence-electron chi connectivity index (χ1n) is 7.38. The highest BCUT2D eigenvalue weighted by molar-refractivity contribution is 7.98. The molecule has 0 saturated heterocycles. The Hall–Kier alpha value is -0.910. The number of carbonyl (C=O) groups excluding carboxylic acids is 1. The predicted molar refractivity (Wildman–Crippen MR) is 88.8 cm³/mol. The van der Waals surface area contributed by atoms with Gasteiger partial charge in [-0.15, -0.1) is 0 Å². The van der Waals surface area contributed by atoms with Gasteiger partial charge in [-0.3, -0.25) is 4.79 Å². The molecule has 5 nitrogen and oxygen atoms in total. The third kappa shape index (κ3) is 9.61. The highest BCUT2D eigenvalue weighted by Gasteiger charge is 2.25. The average molecular weight is 318 g/mol. The Morgan fingerprint density at radius 1 is 1.29 bits per heavy atom. The highest BCUT2D eigenvalue weighted by atomic mass is 32.2. The number of nitrogens with one attached hydrogen (secondary N) is 1. The first-order chi connectivity index (χ1) is 9.68. The molecule has 0 aliphatic carbocycles. The normalized spacial score (nSPS) is 12.8. The van der Waals surface area contributed by atoms with Crippen molar-refractivity contribution in [1.82, 2.24) is 10.2 Å². The van der Waals surface area contributed by atoms with E-state index in [4.69, 9.17) is 5.11 Å². The molecule has 0 aliphatic rings. The number of carboxylic acid groups (broad SMARTS) is 1. The van der Waals surface area contributed by atoms with Crippen molar-refractivity contribution in [1.29, 1.82) is 0 Å². The van der Waals surface area contributed by atoms with E-state index in [1.807, 2.05) is 6.26 Å². The minimum Gasteiger partial charge on any atom is -0.481 e. The lowest BCUT2D eigenvalue weighted by Gasteiger charge is -2.31. The number of thioether (sulfide) groups is 1. The highest BCUT2D eigenvalue weighted by Crippen LogP contribution is 2.32. The Balaban J connectivity index is 4.18. The van der Waals surface area contributed by atoms with Crippen LogP contribution >= 0.6 is 11.8 Å². The summed E-state index contributed by atoms with van der Waals surface area (Å²) in [6.07, 6.45) is 3.65. The van der Waals surface area contributed by atoms with Crippen LogP contribution in [0.5, 0.6) is 0 Å². The molecule has 0 aliphatic heterocycles. The second kappa shape index (κ2) is 9.92. The summed E-state index contributed by atoms with van der Waals surface area (Å²) in [6, 6.07) is -0.0602. The molecule has 0 heterocycles. The summed E-state index contributed by atoms with van der Waals surface area (Å²) >= 11 is 1.71. The number of amides is 2. The van der Waals surface area contributed by atoms with E-state index < -0.39 is 5.97 Å². The Kier molecular flexibility index (Phi) is 9.49. The third-order valence-corrected chi connectivity index (χ3v) is 4.27. The van der Waals surface area contributed by atoms with E-state index in [1.54, 1.807) is 23.7 Å². The Labute approximate surface area is 132 Å². The van der Waals surface area contributed by atoms with Gasteiger partial charge in [0, 0.05) is 32.3 Å². The number of hydrogen-bond donors (Lipinski definition) is 2. The molecule has 0 spiro atoms. The van der Waals surface area contributed by atoms with Crippen LogP contribution in [0.4, 0.5) is 4.79 Å². The smallest absolute Gasteiger partial charge is 0.317 e. The van der Waals surface area contributed by atoms with Crippen molar-refractivity contribution in [3.8, 4) is 0 Å². The number of nitrogens with zero attached hydrogens (tertiary/aromatic N) is 1. The van der Waals surface area contributed by atoms with Crippen LogP contribution in [0, 0.1) is 11.3 Å². The van der Waals surface area contributed by atoms with Crippen molar-refractivity contribution >= 4 is 23.8 Å². The molecular formula is C15H30N2O3S. The molecule has 0 aromatic heterocycles. The maximum atomic E-state index is 11.9. The lowest BCUT2D eigenvalue weighted by molar-refractivity contribution is -0.137.